The monoisotopic (exact) mass is 674 g/mol. The van der Waals surface area contributed by atoms with E-state index in [1.807, 2.05) is 108 Å². The first kappa shape index (κ1) is 36.3. The van der Waals surface area contributed by atoms with Gasteiger partial charge in [-0.2, -0.15) is 0 Å². The zero-order valence-corrected chi connectivity index (χ0v) is 30.2. The molecule has 264 valence electrons. The van der Waals surface area contributed by atoms with E-state index in [-0.39, 0.29) is 12.1 Å². The van der Waals surface area contributed by atoms with E-state index in [1.54, 1.807) is 0 Å². The molecule has 2 N–H and O–H groups in total. The van der Waals surface area contributed by atoms with Crippen LogP contribution in [-0.2, 0) is 12.8 Å². The Morgan fingerprint density at radius 2 is 0.940 bits per heavy atom. The van der Waals surface area contributed by atoms with Gasteiger partial charge < -0.3 is 30.2 Å². The second-order valence-corrected chi connectivity index (χ2v) is 14.0. The number of urea groups is 2. The van der Waals surface area contributed by atoms with Crippen molar-refractivity contribution < 1.29 is 9.59 Å². The number of nitrogens with zero attached hydrogens (tertiary/aromatic N) is 4. The summed E-state index contributed by atoms with van der Waals surface area (Å²) in [6.07, 6.45) is 5.84. The summed E-state index contributed by atoms with van der Waals surface area (Å²) in [5.41, 5.74) is 6.21. The molecule has 1 aliphatic carbocycles. The molecule has 0 spiro atoms. The number of anilines is 4. The molecule has 4 aromatic carbocycles. The Kier molecular flexibility index (Phi) is 13.2. The van der Waals surface area contributed by atoms with E-state index in [0.717, 1.165) is 61.3 Å². The molecule has 0 radical (unpaired) electrons. The minimum absolute atomic E-state index is 0.0650. The number of rotatable bonds is 14. The molecule has 1 saturated carbocycles. The highest BCUT2D eigenvalue weighted by molar-refractivity contribution is 5.90. The van der Waals surface area contributed by atoms with Crippen molar-refractivity contribution in [3.8, 4) is 0 Å². The van der Waals surface area contributed by atoms with E-state index in [9.17, 15) is 9.59 Å². The number of benzene rings is 4. The third-order valence-corrected chi connectivity index (χ3v) is 9.72. The van der Waals surface area contributed by atoms with E-state index in [4.69, 9.17) is 0 Å². The fourth-order valence-electron chi connectivity index (χ4n) is 6.82. The normalized spacial score (nSPS) is 15.5. The summed E-state index contributed by atoms with van der Waals surface area (Å²) in [4.78, 5) is 35.6. The van der Waals surface area contributed by atoms with Crippen LogP contribution < -0.4 is 20.4 Å². The largest absolute Gasteiger partial charge is 0.378 e. The van der Waals surface area contributed by atoms with E-state index >= 15 is 0 Å². The summed E-state index contributed by atoms with van der Waals surface area (Å²) in [5.74, 6) is 0.730. The Labute approximate surface area is 299 Å². The summed E-state index contributed by atoms with van der Waals surface area (Å²) in [6, 6.07) is 36.6. The standard InChI is InChI=1S/C42H54N6O2/c1-45(2)39-22-18-37(19-23-39)43-41(49)47(28-26-33-12-7-5-8-13-33)31-35-16-11-17-36(30-35)32-48(29-27-34-14-9-6-10-15-34)42(50)44-38-20-24-40(25-21-38)46(3)4/h5-10,12-15,18-25,35-36H,11,16-17,26-32H2,1-4H3,(H,43,49)(H,44,50). The molecule has 0 aliphatic heterocycles. The van der Waals surface area contributed by atoms with Crippen molar-refractivity contribution in [2.45, 2.75) is 38.5 Å². The van der Waals surface area contributed by atoms with Crippen molar-refractivity contribution in [1.29, 1.82) is 0 Å². The van der Waals surface area contributed by atoms with Gasteiger partial charge >= 0.3 is 12.1 Å². The third-order valence-electron chi connectivity index (χ3n) is 9.72. The van der Waals surface area contributed by atoms with Crippen LogP contribution in [0.5, 0.6) is 0 Å². The topological polar surface area (TPSA) is 71.2 Å². The Morgan fingerprint density at radius 3 is 1.30 bits per heavy atom. The Bertz CT molecular complexity index is 1490. The summed E-state index contributed by atoms with van der Waals surface area (Å²) >= 11 is 0. The van der Waals surface area contributed by atoms with Crippen LogP contribution in [0.4, 0.5) is 32.3 Å². The first-order chi connectivity index (χ1) is 24.2. The fourth-order valence-corrected chi connectivity index (χ4v) is 6.82. The van der Waals surface area contributed by atoms with Crippen molar-refractivity contribution in [2.75, 3.05) is 74.8 Å². The summed E-state index contributed by atoms with van der Waals surface area (Å²) in [7, 11) is 8.04. The number of amides is 4. The van der Waals surface area contributed by atoms with Crippen LogP contribution in [0.15, 0.2) is 109 Å². The van der Waals surface area contributed by atoms with Crippen molar-refractivity contribution in [3.05, 3.63) is 120 Å². The molecule has 8 nitrogen and oxygen atoms in total. The van der Waals surface area contributed by atoms with Gasteiger partial charge in [-0.05, 0) is 104 Å². The average molecular weight is 675 g/mol. The number of carbonyl (C=O) groups excluding carboxylic acids is 2. The lowest BCUT2D eigenvalue weighted by Gasteiger charge is -2.36. The Balaban J connectivity index is 1.25. The molecule has 5 rings (SSSR count). The molecule has 50 heavy (non-hydrogen) atoms. The van der Waals surface area contributed by atoms with Crippen molar-refractivity contribution in [3.63, 3.8) is 0 Å². The van der Waals surface area contributed by atoms with Gasteiger partial charge in [0.05, 0.1) is 0 Å². The first-order valence-electron chi connectivity index (χ1n) is 18.0. The predicted octanol–water partition coefficient (Wildman–Crippen LogP) is 8.48. The van der Waals surface area contributed by atoms with Crippen LogP contribution in [0.2, 0.25) is 0 Å². The molecule has 0 bridgehead atoms. The number of nitrogens with one attached hydrogen (secondary N) is 2. The van der Waals surface area contributed by atoms with Crippen LogP contribution >= 0.6 is 0 Å². The van der Waals surface area contributed by atoms with E-state index in [0.29, 0.717) is 38.0 Å². The SMILES string of the molecule is CN(C)c1ccc(NC(=O)N(CCc2ccccc2)CC2CCCC(CN(CCc3ccccc3)C(=O)Nc3ccc(N(C)C)cc3)C2)cc1. The molecule has 0 saturated heterocycles. The number of hydrogen-bond donors (Lipinski definition) is 2. The van der Waals surface area contributed by atoms with Gasteiger partial charge in [0.1, 0.15) is 0 Å². The zero-order chi connectivity index (χ0) is 35.3. The molecule has 8 heteroatoms. The number of hydrogen-bond acceptors (Lipinski definition) is 4. The van der Waals surface area contributed by atoms with Crippen molar-refractivity contribution in [1.82, 2.24) is 9.80 Å². The van der Waals surface area contributed by atoms with E-state index in [1.165, 1.54) is 11.1 Å². The maximum absolute atomic E-state index is 13.8. The van der Waals surface area contributed by atoms with Gasteiger partial charge in [-0.1, -0.05) is 67.1 Å². The Hall–Kier alpha value is -4.98. The van der Waals surface area contributed by atoms with Gasteiger partial charge in [-0.15, -0.1) is 0 Å². The molecule has 0 aromatic heterocycles. The molecule has 1 aliphatic rings. The highest BCUT2D eigenvalue weighted by Gasteiger charge is 2.28. The highest BCUT2D eigenvalue weighted by atomic mass is 16.2. The predicted molar refractivity (Wildman–Crippen MR) is 208 cm³/mol. The molecule has 1 fully saturated rings. The van der Waals surface area contributed by atoms with Gasteiger partial charge in [0.2, 0.25) is 0 Å². The molecule has 0 heterocycles. The third kappa shape index (κ3) is 11.0. The first-order valence-corrected chi connectivity index (χ1v) is 18.0. The molecule has 4 aromatic rings. The molecule has 2 unspecified atom stereocenters. The molecular weight excluding hydrogens is 621 g/mol. The van der Waals surface area contributed by atoms with Gasteiger partial charge in [0.25, 0.3) is 0 Å². The molecule has 4 amide bonds. The minimum atomic E-state index is -0.0650. The minimum Gasteiger partial charge on any atom is -0.378 e. The molecule has 2 atom stereocenters. The van der Waals surface area contributed by atoms with Crippen molar-refractivity contribution >= 4 is 34.8 Å². The van der Waals surface area contributed by atoms with Crippen LogP contribution in [-0.4, -0.2) is 76.2 Å². The summed E-state index contributed by atoms with van der Waals surface area (Å²) < 4.78 is 0. The van der Waals surface area contributed by atoms with Crippen LogP contribution in [0.25, 0.3) is 0 Å². The highest BCUT2D eigenvalue weighted by Crippen LogP contribution is 2.31. The maximum Gasteiger partial charge on any atom is 0.321 e. The van der Waals surface area contributed by atoms with E-state index < -0.39 is 0 Å². The van der Waals surface area contributed by atoms with Crippen LogP contribution in [0, 0.1) is 11.8 Å². The summed E-state index contributed by atoms with van der Waals surface area (Å²) in [6.45, 7) is 2.68. The Morgan fingerprint density at radius 1 is 0.560 bits per heavy atom. The van der Waals surface area contributed by atoms with Gasteiger partial charge in [0, 0.05) is 77.1 Å². The van der Waals surface area contributed by atoms with Crippen LogP contribution in [0.1, 0.15) is 36.8 Å². The van der Waals surface area contributed by atoms with E-state index in [2.05, 4.69) is 59.2 Å². The zero-order valence-electron chi connectivity index (χ0n) is 30.2. The second kappa shape index (κ2) is 18.1. The maximum atomic E-state index is 13.8. The van der Waals surface area contributed by atoms with Gasteiger partial charge in [-0.25, -0.2) is 9.59 Å². The lowest BCUT2D eigenvalue weighted by atomic mass is 9.80. The second-order valence-electron chi connectivity index (χ2n) is 14.0. The average Bonchev–Trinajstić information content (AvgIpc) is 3.13. The van der Waals surface area contributed by atoms with Gasteiger partial charge in [0.15, 0.2) is 0 Å². The van der Waals surface area contributed by atoms with Crippen LogP contribution in [0.3, 0.4) is 0 Å². The smallest absolute Gasteiger partial charge is 0.321 e. The molecular formula is C42H54N6O2. The lowest BCUT2D eigenvalue weighted by Crippen LogP contribution is -2.43. The fraction of sp³-hybridized carbons (Fsp3) is 0.381. The number of carbonyl (C=O) groups is 2. The quantitative estimate of drug-likeness (QED) is 0.141. The van der Waals surface area contributed by atoms with Gasteiger partial charge in [-0.3, -0.25) is 0 Å². The summed E-state index contributed by atoms with van der Waals surface area (Å²) in [5, 5.41) is 6.32. The lowest BCUT2D eigenvalue weighted by molar-refractivity contribution is 0.155. The van der Waals surface area contributed by atoms with Crippen molar-refractivity contribution in [2.24, 2.45) is 11.8 Å².